The first kappa shape index (κ1) is 12.4. The zero-order chi connectivity index (χ0) is 12.1. The molecule has 88 valence electrons. The molecule has 0 radical (unpaired) electrons. The number of aromatic nitrogens is 2. The van der Waals surface area contributed by atoms with Crippen molar-refractivity contribution in [2.75, 3.05) is 13.7 Å². The van der Waals surface area contributed by atoms with Gasteiger partial charge in [0.25, 0.3) is 6.43 Å². The Kier molecular flexibility index (Phi) is 4.24. The van der Waals surface area contributed by atoms with Gasteiger partial charge in [-0.05, 0) is 0 Å². The van der Waals surface area contributed by atoms with Crippen LogP contribution >= 0.6 is 0 Å². The van der Waals surface area contributed by atoms with Crippen LogP contribution in [0.4, 0.5) is 8.78 Å². The van der Waals surface area contributed by atoms with Gasteiger partial charge in [-0.1, -0.05) is 0 Å². The predicted molar refractivity (Wildman–Crippen MR) is 49.5 cm³/mol. The lowest BCUT2D eigenvalue weighted by atomic mass is 10.2. The average molecular weight is 232 g/mol. The third-order valence-corrected chi connectivity index (χ3v) is 1.84. The van der Waals surface area contributed by atoms with E-state index in [-0.39, 0.29) is 18.9 Å². The Hall–Kier alpha value is -1.63. The second-order valence-corrected chi connectivity index (χ2v) is 2.93. The van der Waals surface area contributed by atoms with Crippen molar-refractivity contribution in [3.8, 4) is 0 Å². The van der Waals surface area contributed by atoms with Gasteiger partial charge in [0.15, 0.2) is 0 Å². The first-order chi connectivity index (χ1) is 7.56. The number of ether oxygens (including phenoxy) is 1. The Bertz CT molecular complexity index is 385. The van der Waals surface area contributed by atoms with Gasteiger partial charge in [-0.15, -0.1) is 0 Å². The molecular formula is C9H10F2N2O3. The molecule has 1 heterocycles. The molecule has 0 aliphatic heterocycles. The van der Waals surface area contributed by atoms with Crippen molar-refractivity contribution in [1.29, 1.82) is 0 Å². The number of methoxy groups -OCH3 is 1. The van der Waals surface area contributed by atoms with Crippen molar-refractivity contribution in [2.24, 2.45) is 0 Å². The molecule has 0 amide bonds. The van der Waals surface area contributed by atoms with Crippen molar-refractivity contribution in [2.45, 2.75) is 12.8 Å². The van der Waals surface area contributed by atoms with Crippen LogP contribution in [-0.2, 0) is 11.2 Å². The van der Waals surface area contributed by atoms with Crippen LogP contribution in [0.2, 0.25) is 0 Å². The summed E-state index contributed by atoms with van der Waals surface area (Å²) in [6.07, 6.45) is -1.78. The Morgan fingerprint density at radius 3 is 2.81 bits per heavy atom. The van der Waals surface area contributed by atoms with Gasteiger partial charge in [0, 0.05) is 19.7 Å². The van der Waals surface area contributed by atoms with Crippen LogP contribution in [0, 0.1) is 0 Å². The lowest BCUT2D eigenvalue weighted by Crippen LogP contribution is -2.10. The van der Waals surface area contributed by atoms with Crippen molar-refractivity contribution in [3.63, 3.8) is 0 Å². The highest BCUT2D eigenvalue weighted by Gasteiger charge is 2.20. The lowest BCUT2D eigenvalue weighted by molar-refractivity contribution is 0.0681. The normalized spacial score (nSPS) is 10.8. The number of carboxylic acids is 1. The van der Waals surface area contributed by atoms with Crippen LogP contribution in [0.1, 0.15) is 28.3 Å². The molecule has 1 aromatic heterocycles. The van der Waals surface area contributed by atoms with Crippen molar-refractivity contribution >= 4 is 5.97 Å². The molecule has 0 saturated heterocycles. The van der Waals surface area contributed by atoms with Crippen LogP contribution in [0.15, 0.2) is 6.20 Å². The number of nitrogens with zero attached hydrogens (tertiary/aromatic N) is 2. The fourth-order valence-electron chi connectivity index (χ4n) is 1.08. The Labute approximate surface area is 90.1 Å². The van der Waals surface area contributed by atoms with Gasteiger partial charge in [0.05, 0.1) is 6.61 Å². The molecule has 0 aliphatic carbocycles. The van der Waals surface area contributed by atoms with Crippen LogP contribution < -0.4 is 0 Å². The van der Waals surface area contributed by atoms with E-state index in [9.17, 15) is 13.6 Å². The minimum absolute atomic E-state index is 0.141. The molecular weight excluding hydrogens is 222 g/mol. The molecule has 0 unspecified atom stereocenters. The number of carbonyl (C=O) groups is 1. The van der Waals surface area contributed by atoms with Crippen molar-refractivity contribution < 1.29 is 23.4 Å². The highest BCUT2D eigenvalue weighted by atomic mass is 19.3. The molecule has 0 spiro atoms. The van der Waals surface area contributed by atoms with Crippen LogP contribution in [-0.4, -0.2) is 34.8 Å². The fraction of sp³-hybridized carbons (Fsp3) is 0.444. The molecule has 0 bridgehead atoms. The first-order valence-corrected chi connectivity index (χ1v) is 4.42. The minimum atomic E-state index is -2.93. The summed E-state index contributed by atoms with van der Waals surface area (Å²) in [6, 6.07) is 0. The number of hydrogen-bond donors (Lipinski definition) is 1. The summed E-state index contributed by atoms with van der Waals surface area (Å²) in [5.41, 5.74) is -1.33. The molecule has 0 atom stereocenters. The third-order valence-electron chi connectivity index (χ3n) is 1.84. The summed E-state index contributed by atoms with van der Waals surface area (Å²) in [5.74, 6) is -1.32. The molecule has 0 fully saturated rings. The second kappa shape index (κ2) is 5.45. The highest BCUT2D eigenvalue weighted by molar-refractivity contribution is 5.88. The summed E-state index contributed by atoms with van der Waals surface area (Å²) in [4.78, 5) is 17.8. The van der Waals surface area contributed by atoms with E-state index in [0.29, 0.717) is 0 Å². The van der Waals surface area contributed by atoms with E-state index in [0.717, 1.165) is 6.20 Å². The van der Waals surface area contributed by atoms with E-state index in [4.69, 9.17) is 9.84 Å². The first-order valence-electron chi connectivity index (χ1n) is 4.42. The van der Waals surface area contributed by atoms with Gasteiger partial charge >= 0.3 is 5.97 Å². The maximum absolute atomic E-state index is 12.5. The Morgan fingerprint density at radius 1 is 1.62 bits per heavy atom. The minimum Gasteiger partial charge on any atom is -0.478 e. The van der Waals surface area contributed by atoms with E-state index >= 15 is 0 Å². The van der Waals surface area contributed by atoms with Crippen LogP contribution in [0.3, 0.4) is 0 Å². The number of rotatable bonds is 5. The van der Waals surface area contributed by atoms with E-state index in [2.05, 4.69) is 9.97 Å². The quantitative estimate of drug-likeness (QED) is 0.828. The largest absolute Gasteiger partial charge is 0.478 e. The number of carboxylic acid groups (broad SMARTS) is 1. The number of hydrogen-bond acceptors (Lipinski definition) is 4. The summed E-state index contributed by atoms with van der Waals surface area (Å²) in [7, 11) is 1.46. The van der Waals surface area contributed by atoms with E-state index in [1.54, 1.807) is 0 Å². The smallest absolute Gasteiger partial charge is 0.339 e. The van der Waals surface area contributed by atoms with E-state index in [1.165, 1.54) is 7.11 Å². The molecule has 0 saturated carbocycles. The van der Waals surface area contributed by atoms with Crippen molar-refractivity contribution in [1.82, 2.24) is 9.97 Å². The summed E-state index contributed by atoms with van der Waals surface area (Å²) < 4.78 is 29.8. The van der Waals surface area contributed by atoms with Gasteiger partial charge in [0.2, 0.25) is 0 Å². The predicted octanol–water partition coefficient (Wildman–Crippen LogP) is 1.30. The fourth-order valence-corrected chi connectivity index (χ4v) is 1.08. The van der Waals surface area contributed by atoms with Gasteiger partial charge in [-0.2, -0.15) is 0 Å². The maximum Gasteiger partial charge on any atom is 0.339 e. The average Bonchev–Trinajstić information content (AvgIpc) is 2.25. The number of halogens is 2. The van der Waals surface area contributed by atoms with Gasteiger partial charge in [-0.25, -0.2) is 23.5 Å². The van der Waals surface area contributed by atoms with Crippen LogP contribution in [0.25, 0.3) is 0 Å². The molecule has 7 heteroatoms. The van der Waals surface area contributed by atoms with Gasteiger partial charge in [0.1, 0.15) is 17.1 Å². The SMILES string of the molecule is COCCc1ncc(C(=O)O)c(C(F)F)n1. The lowest BCUT2D eigenvalue weighted by Gasteiger charge is -2.06. The number of aromatic carboxylic acids is 1. The topological polar surface area (TPSA) is 72.3 Å². The molecule has 5 nitrogen and oxygen atoms in total. The van der Waals surface area contributed by atoms with Crippen molar-refractivity contribution in [3.05, 3.63) is 23.3 Å². The van der Waals surface area contributed by atoms with Gasteiger partial charge in [-0.3, -0.25) is 0 Å². The Morgan fingerprint density at radius 2 is 2.31 bits per heavy atom. The van der Waals surface area contributed by atoms with E-state index < -0.39 is 23.7 Å². The molecule has 0 aromatic carbocycles. The zero-order valence-corrected chi connectivity index (χ0v) is 8.48. The highest BCUT2D eigenvalue weighted by Crippen LogP contribution is 2.20. The molecule has 1 aromatic rings. The maximum atomic E-state index is 12.5. The second-order valence-electron chi connectivity index (χ2n) is 2.93. The summed E-state index contributed by atoms with van der Waals surface area (Å²) >= 11 is 0. The molecule has 16 heavy (non-hydrogen) atoms. The summed E-state index contributed by atoms with van der Waals surface area (Å²) in [6.45, 7) is 0.287. The molecule has 0 aliphatic rings. The zero-order valence-electron chi connectivity index (χ0n) is 8.48. The standard InChI is InChI=1S/C9H10F2N2O3/c1-16-3-2-6-12-4-5(9(14)15)7(13-6)8(10)11/h4,8H,2-3H2,1H3,(H,14,15). The number of alkyl halides is 2. The monoisotopic (exact) mass is 232 g/mol. The molecule has 1 rings (SSSR count). The Balaban J connectivity index is 3.02. The van der Waals surface area contributed by atoms with E-state index in [1.807, 2.05) is 0 Å². The third kappa shape index (κ3) is 2.93. The summed E-state index contributed by atoms with van der Waals surface area (Å²) in [5, 5.41) is 8.64. The molecule has 1 N–H and O–H groups in total. The van der Waals surface area contributed by atoms with Gasteiger partial charge < -0.3 is 9.84 Å². The van der Waals surface area contributed by atoms with Crippen LogP contribution in [0.5, 0.6) is 0 Å².